The molecule has 0 saturated carbocycles. The molecule has 0 aliphatic heterocycles. The molecule has 1 N–H and O–H groups in total. The normalized spacial score (nSPS) is 9.90. The van der Waals surface area contributed by atoms with Crippen molar-refractivity contribution < 1.29 is 0 Å². The van der Waals surface area contributed by atoms with E-state index in [2.05, 4.69) is 16.0 Å². The molecule has 4 heteroatoms. The molecule has 0 fully saturated rings. The van der Waals surface area contributed by atoms with Crippen LogP contribution in [-0.4, -0.2) is 9.97 Å². The zero-order valence-corrected chi connectivity index (χ0v) is 5.77. The summed E-state index contributed by atoms with van der Waals surface area (Å²) >= 11 is 1.48. The van der Waals surface area contributed by atoms with Gasteiger partial charge in [-0.25, -0.2) is 4.98 Å². The Labute approximate surface area is 60.9 Å². The summed E-state index contributed by atoms with van der Waals surface area (Å²) in [6, 6.07) is 2.08. The van der Waals surface area contributed by atoms with Crippen LogP contribution in [0, 0.1) is 11.3 Å². The fourth-order valence-corrected chi connectivity index (χ4v) is 1.62. The number of H-pyrrole nitrogens is 1. The van der Waals surface area contributed by atoms with E-state index in [0.717, 1.165) is 10.3 Å². The first-order valence-corrected chi connectivity index (χ1v) is 3.60. The first-order valence-electron chi connectivity index (χ1n) is 2.72. The van der Waals surface area contributed by atoms with Crippen molar-refractivity contribution in [1.29, 1.82) is 5.26 Å². The van der Waals surface area contributed by atoms with E-state index in [4.69, 9.17) is 5.26 Å². The van der Waals surface area contributed by atoms with Gasteiger partial charge in [0.15, 0.2) is 0 Å². The van der Waals surface area contributed by atoms with Gasteiger partial charge in [0.1, 0.15) is 10.9 Å². The lowest BCUT2D eigenvalue weighted by Crippen LogP contribution is -1.65. The van der Waals surface area contributed by atoms with Crippen LogP contribution < -0.4 is 0 Å². The summed E-state index contributed by atoms with van der Waals surface area (Å²) in [5.74, 6) is 0. The molecule has 2 aromatic heterocycles. The molecule has 2 rings (SSSR count). The van der Waals surface area contributed by atoms with Crippen LogP contribution in [0.1, 0.15) is 5.56 Å². The number of hydrogen-bond donors (Lipinski definition) is 1. The highest BCUT2D eigenvalue weighted by molar-refractivity contribution is 7.16. The number of hydrogen-bond acceptors (Lipinski definition) is 3. The van der Waals surface area contributed by atoms with Crippen molar-refractivity contribution in [1.82, 2.24) is 9.97 Å². The molecule has 0 aromatic carbocycles. The molecule has 10 heavy (non-hydrogen) atoms. The first-order chi connectivity index (χ1) is 4.92. The van der Waals surface area contributed by atoms with Gasteiger partial charge in [-0.05, 0) is 0 Å². The molecule has 0 bridgehead atoms. The van der Waals surface area contributed by atoms with E-state index in [1.807, 2.05) is 0 Å². The molecule has 0 atom stereocenters. The minimum absolute atomic E-state index is 0.678. The van der Waals surface area contributed by atoms with Crippen LogP contribution in [0.3, 0.4) is 0 Å². The van der Waals surface area contributed by atoms with E-state index in [0.29, 0.717) is 5.56 Å². The topological polar surface area (TPSA) is 52.5 Å². The molecular weight excluding hydrogens is 146 g/mol. The molecule has 3 nitrogen and oxygen atoms in total. The summed E-state index contributed by atoms with van der Waals surface area (Å²) in [4.78, 5) is 7.79. The van der Waals surface area contributed by atoms with Crippen molar-refractivity contribution >= 4 is 21.7 Å². The van der Waals surface area contributed by atoms with E-state index in [-0.39, 0.29) is 0 Å². The Morgan fingerprint density at radius 3 is 3.40 bits per heavy atom. The van der Waals surface area contributed by atoms with Crippen LogP contribution in [0.4, 0.5) is 0 Å². The van der Waals surface area contributed by atoms with E-state index in [1.165, 1.54) is 11.3 Å². The van der Waals surface area contributed by atoms with Gasteiger partial charge in [-0.3, -0.25) is 0 Å². The molecule has 2 heterocycles. The molecule has 2 aromatic rings. The van der Waals surface area contributed by atoms with Gasteiger partial charge in [-0.15, -0.1) is 11.3 Å². The smallest absolute Gasteiger partial charge is 0.142 e. The maximum atomic E-state index is 8.55. The number of rotatable bonds is 0. The van der Waals surface area contributed by atoms with Crippen LogP contribution in [0.5, 0.6) is 0 Å². The zero-order valence-electron chi connectivity index (χ0n) is 4.96. The van der Waals surface area contributed by atoms with Crippen LogP contribution in [0.15, 0.2) is 11.7 Å². The van der Waals surface area contributed by atoms with Gasteiger partial charge >= 0.3 is 0 Å². The SMILES string of the molecule is N#Cc1csc2nc[nH]c12. The minimum Gasteiger partial charge on any atom is -0.343 e. The van der Waals surface area contributed by atoms with E-state index in [1.54, 1.807) is 11.7 Å². The monoisotopic (exact) mass is 149 g/mol. The number of nitrogens with zero attached hydrogens (tertiary/aromatic N) is 2. The van der Waals surface area contributed by atoms with Crippen LogP contribution >= 0.6 is 11.3 Å². The number of nitriles is 1. The second-order valence-corrected chi connectivity index (χ2v) is 2.70. The van der Waals surface area contributed by atoms with Crippen molar-refractivity contribution in [3.63, 3.8) is 0 Å². The largest absolute Gasteiger partial charge is 0.343 e. The lowest BCUT2D eigenvalue weighted by Gasteiger charge is -1.73. The Kier molecular flexibility index (Phi) is 0.992. The Morgan fingerprint density at radius 1 is 1.70 bits per heavy atom. The first kappa shape index (κ1) is 5.45. The van der Waals surface area contributed by atoms with E-state index in [9.17, 15) is 0 Å². The number of imidazole rings is 1. The maximum absolute atomic E-state index is 8.55. The zero-order chi connectivity index (χ0) is 6.97. The number of aromatic amines is 1. The third-order valence-corrected chi connectivity index (χ3v) is 2.17. The van der Waals surface area contributed by atoms with Gasteiger partial charge in [0.2, 0.25) is 0 Å². The predicted molar refractivity (Wildman–Crippen MR) is 38.7 cm³/mol. The van der Waals surface area contributed by atoms with Crippen molar-refractivity contribution in [2.24, 2.45) is 0 Å². The van der Waals surface area contributed by atoms with Crippen molar-refractivity contribution in [2.45, 2.75) is 0 Å². The Bertz CT molecular complexity index is 392. The summed E-state index contributed by atoms with van der Waals surface area (Å²) < 4.78 is 0. The third-order valence-electron chi connectivity index (χ3n) is 1.28. The summed E-state index contributed by atoms with van der Waals surface area (Å²) in [6.45, 7) is 0. The van der Waals surface area contributed by atoms with Crippen LogP contribution in [-0.2, 0) is 0 Å². The molecule has 48 valence electrons. The van der Waals surface area contributed by atoms with Gasteiger partial charge in [-0.2, -0.15) is 5.26 Å². The van der Waals surface area contributed by atoms with Crippen LogP contribution in [0.2, 0.25) is 0 Å². The van der Waals surface area contributed by atoms with Gasteiger partial charge in [0.25, 0.3) is 0 Å². The Balaban J connectivity index is 2.92. The maximum Gasteiger partial charge on any atom is 0.142 e. The van der Waals surface area contributed by atoms with Crippen molar-refractivity contribution in [3.05, 3.63) is 17.3 Å². The lowest BCUT2D eigenvalue weighted by atomic mass is 10.3. The molecule has 0 aliphatic carbocycles. The fraction of sp³-hybridized carbons (Fsp3) is 0. The molecular formula is C6H3N3S. The summed E-state index contributed by atoms with van der Waals surface area (Å²) in [7, 11) is 0. The second kappa shape index (κ2) is 1.82. The van der Waals surface area contributed by atoms with Gasteiger partial charge in [0.05, 0.1) is 17.4 Å². The Morgan fingerprint density at radius 2 is 2.60 bits per heavy atom. The third kappa shape index (κ3) is 0.552. The van der Waals surface area contributed by atoms with E-state index >= 15 is 0 Å². The van der Waals surface area contributed by atoms with Gasteiger partial charge in [-0.1, -0.05) is 0 Å². The average molecular weight is 149 g/mol. The lowest BCUT2D eigenvalue weighted by molar-refractivity contribution is 1.34. The summed E-state index contributed by atoms with van der Waals surface area (Å²) in [5.41, 5.74) is 1.53. The molecule has 0 unspecified atom stereocenters. The highest BCUT2D eigenvalue weighted by Gasteiger charge is 2.03. The standard InChI is InChI=1S/C6H3N3S/c7-1-4-2-10-6-5(4)8-3-9-6/h2-3H,(H,8,9). The van der Waals surface area contributed by atoms with Crippen LogP contribution in [0.25, 0.3) is 10.3 Å². The number of nitrogens with one attached hydrogen (secondary N) is 1. The van der Waals surface area contributed by atoms with Crippen molar-refractivity contribution in [2.75, 3.05) is 0 Å². The predicted octanol–water partition coefficient (Wildman–Crippen LogP) is 1.50. The number of thiophene rings is 1. The molecule has 0 saturated heterocycles. The average Bonchev–Trinajstić information content (AvgIpc) is 2.44. The van der Waals surface area contributed by atoms with Gasteiger partial charge < -0.3 is 4.98 Å². The quantitative estimate of drug-likeness (QED) is 0.617. The summed E-state index contributed by atoms with van der Waals surface area (Å²) in [6.07, 6.45) is 1.60. The molecule has 0 radical (unpaired) electrons. The second-order valence-electron chi connectivity index (χ2n) is 1.84. The molecule has 0 aliphatic rings. The highest BCUT2D eigenvalue weighted by atomic mass is 32.1. The molecule has 0 amide bonds. The van der Waals surface area contributed by atoms with Crippen molar-refractivity contribution in [3.8, 4) is 6.07 Å². The number of fused-ring (bicyclic) bond motifs is 1. The summed E-state index contributed by atoms with van der Waals surface area (Å²) in [5, 5.41) is 10.4. The fourth-order valence-electron chi connectivity index (χ4n) is 0.820. The number of aromatic nitrogens is 2. The highest BCUT2D eigenvalue weighted by Crippen LogP contribution is 2.20. The molecule has 0 spiro atoms. The Hall–Kier alpha value is -1.34. The van der Waals surface area contributed by atoms with E-state index < -0.39 is 0 Å². The van der Waals surface area contributed by atoms with Gasteiger partial charge in [0, 0.05) is 5.38 Å². The minimum atomic E-state index is 0.678.